The molecule has 1 rings (SSSR count). The molecule has 2 amide bonds. The van der Waals surface area contributed by atoms with Crippen LogP contribution in [-0.4, -0.2) is 35.7 Å². The van der Waals surface area contributed by atoms with Crippen molar-refractivity contribution in [3.63, 3.8) is 0 Å². The third-order valence-corrected chi connectivity index (χ3v) is 2.73. The summed E-state index contributed by atoms with van der Waals surface area (Å²) in [6.07, 6.45) is 1.86. The van der Waals surface area contributed by atoms with Crippen molar-refractivity contribution in [1.82, 2.24) is 4.90 Å². The fraction of sp³-hybridized carbons (Fsp3) is 0.778. The maximum Gasteiger partial charge on any atom is 0.222 e. The second kappa shape index (κ2) is 5.20. The molecule has 1 atom stereocenters. The predicted octanol–water partition coefficient (Wildman–Crippen LogP) is 0.339. The summed E-state index contributed by atoms with van der Waals surface area (Å²) in [7, 11) is 0. The van der Waals surface area contributed by atoms with Crippen molar-refractivity contribution >= 4 is 23.4 Å². The topological polar surface area (TPSA) is 63.4 Å². The number of carbonyl (C=O) groups is 2. The van der Waals surface area contributed by atoms with Gasteiger partial charge in [0.15, 0.2) is 0 Å². The zero-order chi connectivity index (χ0) is 10.6. The van der Waals surface area contributed by atoms with Crippen molar-refractivity contribution in [3.8, 4) is 0 Å². The molecule has 5 heteroatoms. The molecule has 1 aliphatic rings. The van der Waals surface area contributed by atoms with Crippen LogP contribution in [-0.2, 0) is 9.59 Å². The van der Waals surface area contributed by atoms with Gasteiger partial charge in [0, 0.05) is 25.4 Å². The summed E-state index contributed by atoms with van der Waals surface area (Å²) in [5.74, 6) is 0.112. The largest absolute Gasteiger partial charge is 0.369 e. The second-order valence-corrected chi connectivity index (χ2v) is 3.90. The molecule has 1 saturated heterocycles. The predicted molar refractivity (Wildman–Crippen MR) is 53.8 cm³/mol. The minimum absolute atomic E-state index is 0.0781. The van der Waals surface area contributed by atoms with Gasteiger partial charge in [-0.2, -0.15) is 0 Å². The van der Waals surface area contributed by atoms with Crippen molar-refractivity contribution in [2.24, 2.45) is 11.7 Å². The summed E-state index contributed by atoms with van der Waals surface area (Å²) < 4.78 is 0. The highest BCUT2D eigenvalue weighted by Crippen LogP contribution is 2.16. The summed E-state index contributed by atoms with van der Waals surface area (Å²) in [5.41, 5.74) is 5.16. The normalized spacial score (nSPS) is 21.2. The molecule has 0 radical (unpaired) electrons. The Bertz CT molecular complexity index is 233. The van der Waals surface area contributed by atoms with Gasteiger partial charge in [0.05, 0.1) is 5.92 Å². The smallest absolute Gasteiger partial charge is 0.222 e. The zero-order valence-corrected chi connectivity index (χ0v) is 8.79. The van der Waals surface area contributed by atoms with Crippen LogP contribution >= 0.6 is 11.6 Å². The molecule has 1 aliphatic heterocycles. The summed E-state index contributed by atoms with van der Waals surface area (Å²) in [4.78, 5) is 24.0. The van der Waals surface area contributed by atoms with Crippen LogP contribution in [0.4, 0.5) is 0 Å². The number of carbonyl (C=O) groups excluding carboxylic acids is 2. The van der Waals surface area contributed by atoms with E-state index in [1.807, 2.05) is 0 Å². The molecular formula is C9H15ClN2O2. The van der Waals surface area contributed by atoms with Crippen molar-refractivity contribution in [2.75, 3.05) is 19.0 Å². The lowest BCUT2D eigenvalue weighted by atomic mass is 10.1. The lowest BCUT2D eigenvalue weighted by Gasteiger charge is -2.15. The van der Waals surface area contributed by atoms with Gasteiger partial charge in [-0.15, -0.1) is 11.6 Å². The highest BCUT2D eigenvalue weighted by molar-refractivity contribution is 6.17. The number of halogens is 1. The average Bonchev–Trinajstić information content (AvgIpc) is 2.62. The Morgan fingerprint density at radius 3 is 2.71 bits per heavy atom. The Morgan fingerprint density at radius 1 is 1.50 bits per heavy atom. The van der Waals surface area contributed by atoms with Gasteiger partial charge in [-0.05, 0) is 12.8 Å². The Kier molecular flexibility index (Phi) is 4.20. The lowest BCUT2D eigenvalue weighted by Crippen LogP contribution is -2.31. The SMILES string of the molecule is NC(=O)C1CCN(C(=O)CCCCl)C1. The molecule has 0 spiro atoms. The van der Waals surface area contributed by atoms with Crippen molar-refractivity contribution < 1.29 is 9.59 Å². The van der Waals surface area contributed by atoms with E-state index in [-0.39, 0.29) is 17.7 Å². The Labute approximate surface area is 88.4 Å². The van der Waals surface area contributed by atoms with Crippen LogP contribution in [0.2, 0.25) is 0 Å². The summed E-state index contributed by atoms with van der Waals surface area (Å²) in [6, 6.07) is 0. The molecule has 1 heterocycles. The van der Waals surface area contributed by atoms with Gasteiger partial charge in [-0.25, -0.2) is 0 Å². The minimum atomic E-state index is -0.308. The zero-order valence-electron chi connectivity index (χ0n) is 8.04. The molecular weight excluding hydrogens is 204 g/mol. The highest BCUT2D eigenvalue weighted by atomic mass is 35.5. The van der Waals surface area contributed by atoms with E-state index in [9.17, 15) is 9.59 Å². The number of nitrogens with two attached hydrogens (primary N) is 1. The molecule has 0 aromatic rings. The van der Waals surface area contributed by atoms with Crippen LogP contribution in [0.1, 0.15) is 19.3 Å². The van der Waals surface area contributed by atoms with Crippen molar-refractivity contribution in [2.45, 2.75) is 19.3 Å². The third kappa shape index (κ3) is 2.87. The van der Waals surface area contributed by atoms with E-state index in [1.54, 1.807) is 4.90 Å². The van der Waals surface area contributed by atoms with Crippen LogP contribution in [0, 0.1) is 5.92 Å². The molecule has 1 fully saturated rings. The van der Waals surface area contributed by atoms with E-state index in [1.165, 1.54) is 0 Å². The van der Waals surface area contributed by atoms with E-state index < -0.39 is 0 Å². The number of likely N-dealkylation sites (tertiary alicyclic amines) is 1. The van der Waals surface area contributed by atoms with Gasteiger partial charge in [-0.3, -0.25) is 9.59 Å². The summed E-state index contributed by atoms with van der Waals surface area (Å²) in [5, 5.41) is 0. The van der Waals surface area contributed by atoms with Gasteiger partial charge in [-0.1, -0.05) is 0 Å². The number of rotatable bonds is 4. The molecule has 2 N–H and O–H groups in total. The first-order valence-electron chi connectivity index (χ1n) is 4.78. The molecule has 0 aromatic carbocycles. The molecule has 14 heavy (non-hydrogen) atoms. The van der Waals surface area contributed by atoms with Crippen LogP contribution in [0.3, 0.4) is 0 Å². The van der Waals surface area contributed by atoms with Crippen LogP contribution < -0.4 is 5.73 Å². The Morgan fingerprint density at radius 2 is 2.21 bits per heavy atom. The van der Waals surface area contributed by atoms with Gasteiger partial charge < -0.3 is 10.6 Å². The van der Waals surface area contributed by atoms with E-state index in [0.29, 0.717) is 38.2 Å². The molecule has 4 nitrogen and oxygen atoms in total. The molecule has 0 bridgehead atoms. The Hall–Kier alpha value is -0.770. The Balaban J connectivity index is 2.34. The van der Waals surface area contributed by atoms with E-state index >= 15 is 0 Å². The van der Waals surface area contributed by atoms with Crippen LogP contribution in [0.25, 0.3) is 0 Å². The van der Waals surface area contributed by atoms with Gasteiger partial charge in [0.1, 0.15) is 0 Å². The quantitative estimate of drug-likeness (QED) is 0.692. The van der Waals surface area contributed by atoms with Crippen LogP contribution in [0.15, 0.2) is 0 Å². The fourth-order valence-electron chi connectivity index (χ4n) is 1.60. The lowest BCUT2D eigenvalue weighted by molar-refractivity contribution is -0.130. The number of amides is 2. The molecule has 0 aromatic heterocycles. The third-order valence-electron chi connectivity index (χ3n) is 2.47. The minimum Gasteiger partial charge on any atom is -0.369 e. The summed E-state index contributed by atoms with van der Waals surface area (Å²) in [6.45, 7) is 1.13. The maximum atomic E-state index is 11.5. The molecule has 80 valence electrons. The van der Waals surface area contributed by atoms with Crippen molar-refractivity contribution in [3.05, 3.63) is 0 Å². The van der Waals surface area contributed by atoms with Gasteiger partial charge in [0.25, 0.3) is 0 Å². The number of nitrogens with zero attached hydrogens (tertiary/aromatic N) is 1. The number of hydrogen-bond acceptors (Lipinski definition) is 2. The number of primary amides is 1. The first-order valence-corrected chi connectivity index (χ1v) is 5.31. The summed E-state index contributed by atoms with van der Waals surface area (Å²) >= 11 is 5.49. The first-order chi connectivity index (χ1) is 6.65. The number of hydrogen-bond donors (Lipinski definition) is 1. The van der Waals surface area contributed by atoms with Crippen LogP contribution in [0.5, 0.6) is 0 Å². The average molecular weight is 219 g/mol. The molecule has 0 saturated carbocycles. The van der Waals surface area contributed by atoms with E-state index in [4.69, 9.17) is 17.3 Å². The maximum absolute atomic E-state index is 11.5. The van der Waals surface area contributed by atoms with E-state index in [0.717, 1.165) is 0 Å². The van der Waals surface area contributed by atoms with Gasteiger partial charge >= 0.3 is 0 Å². The molecule has 1 unspecified atom stereocenters. The van der Waals surface area contributed by atoms with Gasteiger partial charge in [0.2, 0.25) is 11.8 Å². The monoisotopic (exact) mass is 218 g/mol. The second-order valence-electron chi connectivity index (χ2n) is 3.52. The number of alkyl halides is 1. The van der Waals surface area contributed by atoms with E-state index in [2.05, 4.69) is 0 Å². The highest BCUT2D eigenvalue weighted by Gasteiger charge is 2.28. The standard InChI is InChI=1S/C9H15ClN2O2/c10-4-1-2-8(13)12-5-3-7(6-12)9(11)14/h7H,1-6H2,(H2,11,14). The molecule has 0 aliphatic carbocycles. The fourth-order valence-corrected chi connectivity index (χ4v) is 1.73. The first kappa shape index (κ1) is 11.3. The van der Waals surface area contributed by atoms with Crippen molar-refractivity contribution in [1.29, 1.82) is 0 Å².